The molecule has 0 aliphatic carbocycles. The van der Waals surface area contributed by atoms with Crippen molar-refractivity contribution in [1.29, 1.82) is 0 Å². The largest absolute Gasteiger partial charge is 0.365 e. The molecule has 1 aliphatic heterocycles. The summed E-state index contributed by atoms with van der Waals surface area (Å²) in [7, 11) is 0. The van der Waals surface area contributed by atoms with Crippen LogP contribution in [0.5, 0.6) is 0 Å². The number of rotatable bonds is 1. The third-order valence-electron chi connectivity index (χ3n) is 2.52. The van der Waals surface area contributed by atoms with Crippen molar-refractivity contribution in [2.75, 3.05) is 24.5 Å². The van der Waals surface area contributed by atoms with Gasteiger partial charge in [-0.05, 0) is 28.9 Å². The second-order valence-electron chi connectivity index (χ2n) is 3.61. The van der Waals surface area contributed by atoms with Crippen molar-refractivity contribution in [3.05, 3.63) is 22.9 Å². The molecule has 16 heavy (non-hydrogen) atoms. The van der Waals surface area contributed by atoms with Crippen molar-refractivity contribution in [3.8, 4) is 0 Å². The molecular formula is C10H16BrCl2N3. The van der Waals surface area contributed by atoms with Crippen LogP contribution in [0.15, 0.2) is 22.9 Å². The molecule has 1 saturated heterocycles. The third kappa shape index (κ3) is 3.77. The van der Waals surface area contributed by atoms with E-state index in [-0.39, 0.29) is 24.8 Å². The van der Waals surface area contributed by atoms with Crippen LogP contribution in [0.3, 0.4) is 0 Å². The van der Waals surface area contributed by atoms with Gasteiger partial charge in [-0.15, -0.1) is 24.8 Å². The number of hydrogen-bond donors (Lipinski definition) is 1. The van der Waals surface area contributed by atoms with Gasteiger partial charge in [0.1, 0.15) is 0 Å². The highest BCUT2D eigenvalue weighted by Crippen LogP contribution is 2.20. The highest BCUT2D eigenvalue weighted by molar-refractivity contribution is 9.10. The monoisotopic (exact) mass is 327 g/mol. The fraction of sp³-hybridized carbons (Fsp3) is 0.500. The molecule has 1 fully saturated rings. The first kappa shape index (κ1) is 16.0. The maximum absolute atomic E-state index is 4.18. The summed E-state index contributed by atoms with van der Waals surface area (Å²) in [5, 5.41) is 3.38. The fourth-order valence-electron chi connectivity index (χ4n) is 1.78. The molecule has 1 N–H and O–H groups in total. The van der Waals surface area contributed by atoms with E-state index in [1.165, 1.54) is 5.69 Å². The maximum Gasteiger partial charge on any atom is 0.0567 e. The Labute approximate surface area is 117 Å². The number of halogens is 3. The van der Waals surface area contributed by atoms with Crippen LogP contribution < -0.4 is 10.2 Å². The Hall–Kier alpha value is -0.0300. The van der Waals surface area contributed by atoms with E-state index >= 15 is 0 Å². The third-order valence-corrected chi connectivity index (χ3v) is 2.96. The van der Waals surface area contributed by atoms with Gasteiger partial charge in [0.05, 0.1) is 11.9 Å². The van der Waals surface area contributed by atoms with Crippen LogP contribution in [0.4, 0.5) is 5.69 Å². The lowest BCUT2D eigenvalue weighted by Gasteiger charge is -2.35. The second-order valence-corrected chi connectivity index (χ2v) is 4.52. The number of piperazine rings is 1. The van der Waals surface area contributed by atoms with E-state index in [0.717, 1.165) is 24.1 Å². The molecule has 0 saturated carbocycles. The summed E-state index contributed by atoms with van der Waals surface area (Å²) in [5.41, 5.74) is 1.20. The molecule has 2 rings (SSSR count). The van der Waals surface area contributed by atoms with Crippen molar-refractivity contribution in [1.82, 2.24) is 10.3 Å². The average molecular weight is 329 g/mol. The van der Waals surface area contributed by atoms with Crippen LogP contribution >= 0.6 is 40.7 Å². The Kier molecular flexibility index (Phi) is 7.31. The van der Waals surface area contributed by atoms with Crippen LogP contribution in [0.1, 0.15) is 6.92 Å². The van der Waals surface area contributed by atoms with Crippen molar-refractivity contribution in [2.24, 2.45) is 0 Å². The molecule has 0 radical (unpaired) electrons. The van der Waals surface area contributed by atoms with Gasteiger partial charge in [0.25, 0.3) is 0 Å². The van der Waals surface area contributed by atoms with Gasteiger partial charge in [0, 0.05) is 36.3 Å². The van der Waals surface area contributed by atoms with Gasteiger partial charge < -0.3 is 10.2 Å². The number of hydrogen-bond acceptors (Lipinski definition) is 3. The van der Waals surface area contributed by atoms with Crippen LogP contribution in [-0.2, 0) is 0 Å². The lowest BCUT2D eigenvalue weighted by Crippen LogP contribution is -2.49. The zero-order valence-electron chi connectivity index (χ0n) is 9.02. The summed E-state index contributed by atoms with van der Waals surface area (Å²) < 4.78 is 1.04. The SMILES string of the molecule is CC1CNCCN1c1cncc(Br)c1.Cl.Cl. The lowest BCUT2D eigenvalue weighted by molar-refractivity contribution is 0.500. The van der Waals surface area contributed by atoms with Crippen LogP contribution in [0.25, 0.3) is 0 Å². The molecule has 3 nitrogen and oxygen atoms in total. The van der Waals surface area contributed by atoms with Crippen molar-refractivity contribution >= 4 is 46.4 Å². The first-order valence-corrected chi connectivity index (χ1v) is 5.64. The van der Waals surface area contributed by atoms with E-state index in [0.29, 0.717) is 6.04 Å². The molecule has 0 bridgehead atoms. The van der Waals surface area contributed by atoms with E-state index in [9.17, 15) is 0 Å². The normalized spacial score (nSPS) is 19.6. The molecule has 0 amide bonds. The van der Waals surface area contributed by atoms with Crippen molar-refractivity contribution in [2.45, 2.75) is 13.0 Å². The predicted molar refractivity (Wildman–Crippen MR) is 76.1 cm³/mol. The molecule has 1 atom stereocenters. The van der Waals surface area contributed by atoms with Gasteiger partial charge in [-0.3, -0.25) is 4.98 Å². The Morgan fingerprint density at radius 2 is 2.19 bits per heavy atom. The highest BCUT2D eigenvalue weighted by atomic mass is 79.9. The molecular weight excluding hydrogens is 313 g/mol. The molecule has 1 aromatic rings. The van der Waals surface area contributed by atoms with Crippen LogP contribution in [0.2, 0.25) is 0 Å². The minimum Gasteiger partial charge on any atom is -0.365 e. The minimum atomic E-state index is 0. The molecule has 0 aromatic carbocycles. The average Bonchev–Trinajstić information content (AvgIpc) is 2.18. The van der Waals surface area contributed by atoms with Crippen LogP contribution in [0, 0.1) is 0 Å². The van der Waals surface area contributed by atoms with Crippen molar-refractivity contribution < 1.29 is 0 Å². The van der Waals surface area contributed by atoms with E-state index in [1.54, 1.807) is 0 Å². The summed E-state index contributed by atoms with van der Waals surface area (Å²) >= 11 is 3.44. The Bertz CT molecular complexity index is 325. The molecule has 1 unspecified atom stereocenters. The first-order chi connectivity index (χ1) is 6.77. The topological polar surface area (TPSA) is 28.2 Å². The Morgan fingerprint density at radius 1 is 1.44 bits per heavy atom. The van der Waals surface area contributed by atoms with Gasteiger partial charge >= 0.3 is 0 Å². The van der Waals surface area contributed by atoms with Crippen LogP contribution in [-0.4, -0.2) is 30.7 Å². The lowest BCUT2D eigenvalue weighted by atomic mass is 10.2. The molecule has 0 spiro atoms. The van der Waals surface area contributed by atoms with Gasteiger partial charge in [-0.25, -0.2) is 0 Å². The maximum atomic E-state index is 4.18. The predicted octanol–water partition coefficient (Wildman–Crippen LogP) is 2.49. The zero-order chi connectivity index (χ0) is 9.97. The highest BCUT2D eigenvalue weighted by Gasteiger charge is 2.18. The van der Waals surface area contributed by atoms with Crippen molar-refractivity contribution in [3.63, 3.8) is 0 Å². The standard InChI is InChI=1S/C10H14BrN3.2ClH/c1-8-5-12-2-3-14(8)10-4-9(11)6-13-7-10;;/h4,6-8,12H,2-3,5H2,1H3;2*1H. The summed E-state index contributed by atoms with van der Waals surface area (Å²) in [5.74, 6) is 0. The van der Waals surface area contributed by atoms with E-state index in [1.807, 2.05) is 12.4 Å². The summed E-state index contributed by atoms with van der Waals surface area (Å²) in [4.78, 5) is 6.57. The minimum absolute atomic E-state index is 0. The van der Waals surface area contributed by atoms with E-state index in [2.05, 4.69) is 44.1 Å². The number of nitrogens with one attached hydrogen (secondary N) is 1. The smallest absolute Gasteiger partial charge is 0.0567 e. The summed E-state index contributed by atoms with van der Waals surface area (Å²) in [6.07, 6.45) is 3.74. The van der Waals surface area contributed by atoms with Gasteiger partial charge in [-0.2, -0.15) is 0 Å². The zero-order valence-corrected chi connectivity index (χ0v) is 12.2. The number of anilines is 1. The summed E-state index contributed by atoms with van der Waals surface area (Å²) in [6, 6.07) is 2.66. The quantitative estimate of drug-likeness (QED) is 0.858. The second kappa shape index (κ2) is 7.33. The Morgan fingerprint density at radius 3 is 2.81 bits per heavy atom. The molecule has 2 heterocycles. The molecule has 1 aliphatic rings. The summed E-state index contributed by atoms with van der Waals surface area (Å²) in [6.45, 7) is 5.38. The fourth-order valence-corrected chi connectivity index (χ4v) is 2.14. The van der Waals surface area contributed by atoms with E-state index < -0.39 is 0 Å². The van der Waals surface area contributed by atoms with Gasteiger partial charge in [0.15, 0.2) is 0 Å². The van der Waals surface area contributed by atoms with E-state index in [4.69, 9.17) is 0 Å². The molecule has 1 aromatic heterocycles. The molecule has 92 valence electrons. The number of nitrogens with zero attached hydrogens (tertiary/aromatic N) is 2. The Balaban J connectivity index is 0.00000112. The first-order valence-electron chi connectivity index (χ1n) is 4.85. The number of pyridine rings is 1. The molecule has 6 heteroatoms. The van der Waals surface area contributed by atoms with Gasteiger partial charge in [0.2, 0.25) is 0 Å². The number of aromatic nitrogens is 1. The van der Waals surface area contributed by atoms with Gasteiger partial charge in [-0.1, -0.05) is 0 Å².